The molecule has 10 heavy (non-hydrogen) atoms. The molecule has 1 aliphatic rings. The quantitative estimate of drug-likeness (QED) is 0.547. The highest BCUT2D eigenvalue weighted by molar-refractivity contribution is 5.67. The summed E-state index contributed by atoms with van der Waals surface area (Å²) in [6.45, 7) is 2.11. The molecular weight excluding hydrogens is 134 g/mol. The molecule has 58 valence electrons. The predicted octanol–water partition coefficient (Wildman–Crippen LogP) is -0.550. The zero-order chi connectivity index (χ0) is 7.40. The van der Waals surface area contributed by atoms with Crippen LogP contribution >= 0.6 is 0 Å². The molecule has 0 aromatic heterocycles. The summed E-state index contributed by atoms with van der Waals surface area (Å²) in [6, 6.07) is 0. The van der Waals surface area contributed by atoms with Crippen molar-refractivity contribution in [2.75, 3.05) is 19.7 Å². The summed E-state index contributed by atoms with van der Waals surface area (Å²) >= 11 is 0. The van der Waals surface area contributed by atoms with Crippen molar-refractivity contribution >= 4 is 5.97 Å². The molecule has 0 aliphatic carbocycles. The Bertz CT molecular complexity index is 120. The summed E-state index contributed by atoms with van der Waals surface area (Å²) in [7, 11) is 0. The van der Waals surface area contributed by atoms with E-state index < -0.39 is 5.97 Å². The van der Waals surface area contributed by atoms with Crippen LogP contribution in [0.5, 0.6) is 0 Å². The van der Waals surface area contributed by atoms with Crippen LogP contribution in [0.4, 0.5) is 0 Å². The van der Waals surface area contributed by atoms with Crippen LogP contribution in [-0.4, -0.2) is 36.9 Å². The number of hydrogen-bond acceptors (Lipinski definition) is 3. The Labute approximate surface area is 59.2 Å². The first kappa shape index (κ1) is 7.50. The number of morpholine rings is 1. The van der Waals surface area contributed by atoms with E-state index in [1.165, 1.54) is 0 Å². The minimum atomic E-state index is -0.797. The van der Waals surface area contributed by atoms with Crippen LogP contribution in [0.25, 0.3) is 0 Å². The molecule has 0 saturated carbocycles. The van der Waals surface area contributed by atoms with Gasteiger partial charge in [-0.25, -0.2) is 0 Å². The van der Waals surface area contributed by atoms with Crippen molar-refractivity contribution in [1.29, 1.82) is 0 Å². The first-order valence-corrected chi connectivity index (χ1v) is 3.33. The molecule has 1 fully saturated rings. The van der Waals surface area contributed by atoms with E-state index in [0.717, 1.165) is 6.54 Å². The molecular formula is C6H11NO3. The molecule has 1 atom stereocenters. The molecule has 1 aliphatic heterocycles. The number of carboxylic acid groups (broad SMARTS) is 1. The second-order valence-corrected chi connectivity index (χ2v) is 2.29. The average molecular weight is 145 g/mol. The fourth-order valence-electron chi connectivity index (χ4n) is 0.946. The lowest BCUT2D eigenvalue weighted by Gasteiger charge is -2.21. The van der Waals surface area contributed by atoms with Gasteiger partial charge in [-0.15, -0.1) is 0 Å². The molecule has 0 amide bonds. The second-order valence-electron chi connectivity index (χ2n) is 2.29. The minimum Gasteiger partial charge on any atom is -0.481 e. The van der Waals surface area contributed by atoms with Crippen molar-refractivity contribution < 1.29 is 14.6 Å². The fourth-order valence-corrected chi connectivity index (χ4v) is 0.946. The van der Waals surface area contributed by atoms with E-state index in [4.69, 9.17) is 9.84 Å². The molecule has 0 radical (unpaired) electrons. The van der Waals surface area contributed by atoms with Crippen LogP contribution in [0, 0.1) is 0 Å². The predicted molar refractivity (Wildman–Crippen MR) is 34.9 cm³/mol. The maximum absolute atomic E-state index is 10.2. The van der Waals surface area contributed by atoms with E-state index in [2.05, 4.69) is 5.32 Å². The van der Waals surface area contributed by atoms with E-state index in [-0.39, 0.29) is 12.5 Å². The van der Waals surface area contributed by atoms with E-state index in [9.17, 15) is 4.79 Å². The van der Waals surface area contributed by atoms with Crippen molar-refractivity contribution in [2.45, 2.75) is 12.5 Å². The zero-order valence-corrected chi connectivity index (χ0v) is 5.67. The van der Waals surface area contributed by atoms with Crippen molar-refractivity contribution in [3.8, 4) is 0 Å². The lowest BCUT2D eigenvalue weighted by atomic mass is 10.2. The van der Waals surface area contributed by atoms with Gasteiger partial charge in [0.05, 0.1) is 19.1 Å². The first-order chi connectivity index (χ1) is 4.79. The molecule has 1 heterocycles. The van der Waals surface area contributed by atoms with Gasteiger partial charge in [-0.05, 0) is 0 Å². The Morgan fingerprint density at radius 3 is 3.10 bits per heavy atom. The zero-order valence-electron chi connectivity index (χ0n) is 5.67. The Hall–Kier alpha value is -0.610. The highest BCUT2D eigenvalue weighted by Gasteiger charge is 2.15. The Morgan fingerprint density at radius 2 is 2.60 bits per heavy atom. The summed E-state index contributed by atoms with van der Waals surface area (Å²) in [5.74, 6) is -0.797. The molecule has 4 heteroatoms. The Kier molecular flexibility index (Phi) is 2.65. The molecule has 0 spiro atoms. The van der Waals surface area contributed by atoms with E-state index in [0.29, 0.717) is 13.2 Å². The Balaban J connectivity index is 2.19. The molecule has 2 N–H and O–H groups in total. The van der Waals surface area contributed by atoms with Gasteiger partial charge in [0.15, 0.2) is 0 Å². The van der Waals surface area contributed by atoms with Crippen LogP contribution in [0.2, 0.25) is 0 Å². The van der Waals surface area contributed by atoms with Gasteiger partial charge in [-0.3, -0.25) is 4.79 Å². The lowest BCUT2D eigenvalue weighted by molar-refractivity contribution is -0.140. The SMILES string of the molecule is O=C(O)CC1CNCCO1. The Morgan fingerprint density at radius 1 is 1.80 bits per heavy atom. The third kappa shape index (κ3) is 2.33. The number of carboxylic acids is 1. The highest BCUT2D eigenvalue weighted by Crippen LogP contribution is 2.00. The smallest absolute Gasteiger partial charge is 0.306 e. The topological polar surface area (TPSA) is 58.6 Å². The number of carbonyl (C=O) groups is 1. The number of nitrogens with one attached hydrogen (secondary N) is 1. The molecule has 1 rings (SSSR count). The summed E-state index contributed by atoms with van der Waals surface area (Å²) in [6.07, 6.45) is -0.0289. The van der Waals surface area contributed by atoms with Gasteiger partial charge in [0.1, 0.15) is 0 Å². The van der Waals surface area contributed by atoms with Gasteiger partial charge >= 0.3 is 5.97 Å². The molecule has 1 saturated heterocycles. The van der Waals surface area contributed by atoms with Crippen LogP contribution in [0.15, 0.2) is 0 Å². The summed E-state index contributed by atoms with van der Waals surface area (Å²) in [5, 5.41) is 11.4. The summed E-state index contributed by atoms with van der Waals surface area (Å²) in [4.78, 5) is 10.2. The van der Waals surface area contributed by atoms with Gasteiger partial charge in [0.2, 0.25) is 0 Å². The molecule has 1 unspecified atom stereocenters. The average Bonchev–Trinajstić information content (AvgIpc) is 1.88. The van der Waals surface area contributed by atoms with Crippen LogP contribution in [0.3, 0.4) is 0 Å². The van der Waals surface area contributed by atoms with E-state index in [1.54, 1.807) is 0 Å². The van der Waals surface area contributed by atoms with Gasteiger partial charge in [-0.2, -0.15) is 0 Å². The second kappa shape index (κ2) is 3.53. The summed E-state index contributed by atoms with van der Waals surface area (Å²) in [5.41, 5.74) is 0. The summed E-state index contributed by atoms with van der Waals surface area (Å²) < 4.78 is 5.15. The third-order valence-electron chi connectivity index (χ3n) is 1.41. The van der Waals surface area contributed by atoms with E-state index >= 15 is 0 Å². The van der Waals surface area contributed by atoms with Gasteiger partial charge in [0.25, 0.3) is 0 Å². The molecule has 4 nitrogen and oxygen atoms in total. The van der Waals surface area contributed by atoms with Crippen LogP contribution in [0.1, 0.15) is 6.42 Å². The van der Waals surface area contributed by atoms with Gasteiger partial charge in [-0.1, -0.05) is 0 Å². The normalized spacial score (nSPS) is 26.2. The fraction of sp³-hybridized carbons (Fsp3) is 0.833. The van der Waals surface area contributed by atoms with Crippen molar-refractivity contribution in [3.63, 3.8) is 0 Å². The maximum Gasteiger partial charge on any atom is 0.306 e. The van der Waals surface area contributed by atoms with Gasteiger partial charge < -0.3 is 15.2 Å². The maximum atomic E-state index is 10.2. The monoisotopic (exact) mass is 145 g/mol. The highest BCUT2D eigenvalue weighted by atomic mass is 16.5. The number of ether oxygens (including phenoxy) is 1. The number of hydrogen-bond donors (Lipinski definition) is 2. The van der Waals surface area contributed by atoms with E-state index in [1.807, 2.05) is 0 Å². The first-order valence-electron chi connectivity index (χ1n) is 3.33. The number of aliphatic carboxylic acids is 1. The largest absolute Gasteiger partial charge is 0.481 e. The molecule has 0 aromatic carbocycles. The number of rotatable bonds is 2. The van der Waals surface area contributed by atoms with Crippen LogP contribution in [-0.2, 0) is 9.53 Å². The van der Waals surface area contributed by atoms with Crippen molar-refractivity contribution in [2.24, 2.45) is 0 Å². The van der Waals surface area contributed by atoms with Gasteiger partial charge in [0, 0.05) is 13.1 Å². The minimum absolute atomic E-state index is 0.104. The lowest BCUT2D eigenvalue weighted by Crippen LogP contribution is -2.39. The molecule has 0 bridgehead atoms. The van der Waals surface area contributed by atoms with Crippen molar-refractivity contribution in [1.82, 2.24) is 5.32 Å². The molecule has 0 aromatic rings. The third-order valence-corrected chi connectivity index (χ3v) is 1.41. The van der Waals surface area contributed by atoms with Crippen LogP contribution < -0.4 is 5.32 Å². The standard InChI is InChI=1S/C6H11NO3/c8-6(9)3-5-4-7-1-2-10-5/h5,7H,1-4H2,(H,8,9). The van der Waals surface area contributed by atoms with Crippen molar-refractivity contribution in [3.05, 3.63) is 0 Å².